The Hall–Kier alpha value is -0.940. The van der Waals surface area contributed by atoms with Gasteiger partial charge in [0.2, 0.25) is 0 Å². The van der Waals surface area contributed by atoms with E-state index in [0.717, 1.165) is 25.0 Å². The van der Waals surface area contributed by atoms with Crippen LogP contribution in [0.5, 0.6) is 0 Å². The van der Waals surface area contributed by atoms with Gasteiger partial charge in [0.15, 0.2) is 0 Å². The maximum absolute atomic E-state index is 11.8. The Morgan fingerprint density at radius 3 is 3.06 bits per heavy atom. The molecular formula is C11H16N2O2S. The second-order valence-corrected chi connectivity index (χ2v) is 5.09. The molecular weight excluding hydrogens is 224 g/mol. The molecule has 0 aliphatic heterocycles. The van der Waals surface area contributed by atoms with E-state index >= 15 is 0 Å². The summed E-state index contributed by atoms with van der Waals surface area (Å²) in [6, 6.07) is 0. The van der Waals surface area contributed by atoms with Gasteiger partial charge in [-0.2, -0.15) is 0 Å². The van der Waals surface area contributed by atoms with Crippen molar-refractivity contribution in [3.63, 3.8) is 0 Å². The predicted octanol–water partition coefficient (Wildman–Crippen LogP) is 1.34. The van der Waals surface area contributed by atoms with E-state index in [2.05, 4.69) is 10.3 Å². The van der Waals surface area contributed by atoms with E-state index in [1.165, 1.54) is 11.3 Å². The number of carbonyl (C=O) groups excluding carboxylic acids is 1. The van der Waals surface area contributed by atoms with E-state index in [1.807, 2.05) is 6.92 Å². The van der Waals surface area contributed by atoms with Crippen molar-refractivity contribution in [2.45, 2.75) is 32.3 Å². The minimum atomic E-state index is -0.247. The zero-order chi connectivity index (χ0) is 11.5. The summed E-state index contributed by atoms with van der Waals surface area (Å²) in [5, 5.41) is 12.5. The Morgan fingerprint density at radius 1 is 1.69 bits per heavy atom. The molecule has 1 saturated carbocycles. The fourth-order valence-corrected chi connectivity index (χ4v) is 2.80. The largest absolute Gasteiger partial charge is 0.393 e. The summed E-state index contributed by atoms with van der Waals surface area (Å²) in [6.45, 7) is 2.40. The Kier molecular flexibility index (Phi) is 3.56. The lowest BCUT2D eigenvalue weighted by molar-refractivity contribution is 0.0920. The Labute approximate surface area is 98.7 Å². The van der Waals surface area contributed by atoms with Crippen molar-refractivity contribution in [2.24, 2.45) is 5.92 Å². The lowest BCUT2D eigenvalue weighted by Crippen LogP contribution is -2.32. The van der Waals surface area contributed by atoms with E-state index in [0.29, 0.717) is 11.4 Å². The third kappa shape index (κ3) is 2.41. The first kappa shape index (κ1) is 11.5. The second-order valence-electron chi connectivity index (χ2n) is 4.24. The van der Waals surface area contributed by atoms with Crippen LogP contribution in [-0.4, -0.2) is 28.6 Å². The van der Waals surface area contributed by atoms with Crippen LogP contribution in [0.1, 0.15) is 34.6 Å². The maximum atomic E-state index is 11.8. The molecule has 0 aromatic carbocycles. The fraction of sp³-hybridized carbons (Fsp3) is 0.636. The minimum absolute atomic E-state index is 0.0703. The number of carbonyl (C=O) groups is 1. The van der Waals surface area contributed by atoms with Crippen molar-refractivity contribution < 1.29 is 9.90 Å². The molecule has 1 aromatic rings. The average molecular weight is 240 g/mol. The fourth-order valence-electron chi connectivity index (χ4n) is 2.08. The van der Waals surface area contributed by atoms with Crippen molar-refractivity contribution in [3.8, 4) is 0 Å². The van der Waals surface area contributed by atoms with Gasteiger partial charge in [-0.05, 0) is 19.8 Å². The molecule has 2 atom stereocenters. The van der Waals surface area contributed by atoms with Crippen LogP contribution in [0, 0.1) is 12.8 Å². The van der Waals surface area contributed by atoms with Gasteiger partial charge in [0.05, 0.1) is 17.3 Å². The van der Waals surface area contributed by atoms with Gasteiger partial charge in [-0.1, -0.05) is 6.42 Å². The van der Waals surface area contributed by atoms with E-state index in [4.69, 9.17) is 0 Å². The van der Waals surface area contributed by atoms with Crippen LogP contribution in [0.25, 0.3) is 0 Å². The molecule has 1 amide bonds. The van der Waals surface area contributed by atoms with Gasteiger partial charge in [0.1, 0.15) is 4.88 Å². The number of hydrogen-bond acceptors (Lipinski definition) is 4. The number of thiazole rings is 1. The lowest BCUT2D eigenvalue weighted by atomic mass is 10.1. The van der Waals surface area contributed by atoms with Crippen LogP contribution in [0.4, 0.5) is 0 Å². The Morgan fingerprint density at radius 2 is 2.50 bits per heavy atom. The predicted molar refractivity (Wildman–Crippen MR) is 62.5 cm³/mol. The van der Waals surface area contributed by atoms with Gasteiger partial charge in [0.25, 0.3) is 5.91 Å². The normalized spacial score (nSPS) is 24.6. The number of nitrogens with one attached hydrogen (secondary N) is 1. The first-order valence-corrected chi connectivity index (χ1v) is 6.43. The lowest BCUT2D eigenvalue weighted by Gasteiger charge is -2.14. The quantitative estimate of drug-likeness (QED) is 0.838. The number of aliphatic hydroxyl groups excluding tert-OH is 1. The molecule has 2 unspecified atom stereocenters. The van der Waals surface area contributed by atoms with Gasteiger partial charge in [-0.3, -0.25) is 4.79 Å². The highest BCUT2D eigenvalue weighted by Crippen LogP contribution is 2.24. The molecule has 1 heterocycles. The van der Waals surface area contributed by atoms with Crippen molar-refractivity contribution in [1.82, 2.24) is 10.3 Å². The number of nitrogens with zero attached hydrogens (tertiary/aromatic N) is 1. The van der Waals surface area contributed by atoms with Gasteiger partial charge in [-0.15, -0.1) is 11.3 Å². The van der Waals surface area contributed by atoms with Crippen LogP contribution < -0.4 is 5.32 Å². The van der Waals surface area contributed by atoms with E-state index in [9.17, 15) is 9.90 Å². The molecule has 0 spiro atoms. The number of amides is 1. The Balaban J connectivity index is 1.86. The maximum Gasteiger partial charge on any atom is 0.263 e. The number of hydrogen-bond donors (Lipinski definition) is 2. The van der Waals surface area contributed by atoms with Crippen LogP contribution in [0.3, 0.4) is 0 Å². The van der Waals surface area contributed by atoms with E-state index < -0.39 is 0 Å². The zero-order valence-electron chi connectivity index (χ0n) is 9.27. The van der Waals surface area contributed by atoms with Gasteiger partial charge < -0.3 is 10.4 Å². The molecule has 1 aliphatic rings. The highest BCUT2D eigenvalue weighted by molar-refractivity contribution is 7.11. The smallest absolute Gasteiger partial charge is 0.263 e. The topological polar surface area (TPSA) is 62.2 Å². The summed E-state index contributed by atoms with van der Waals surface area (Å²) in [5.74, 6) is 0.149. The molecule has 1 fully saturated rings. The zero-order valence-corrected chi connectivity index (χ0v) is 10.1. The molecule has 4 nitrogen and oxygen atoms in total. The number of aliphatic hydroxyl groups is 1. The molecule has 0 saturated heterocycles. The summed E-state index contributed by atoms with van der Waals surface area (Å²) in [6.07, 6.45) is 2.67. The monoisotopic (exact) mass is 240 g/mol. The molecule has 1 aliphatic carbocycles. The molecule has 0 bridgehead atoms. The summed E-state index contributed by atoms with van der Waals surface area (Å²) in [4.78, 5) is 16.5. The van der Waals surface area contributed by atoms with Crippen LogP contribution in [-0.2, 0) is 0 Å². The highest BCUT2D eigenvalue weighted by atomic mass is 32.1. The number of rotatable bonds is 3. The molecule has 88 valence electrons. The highest BCUT2D eigenvalue weighted by Gasteiger charge is 2.25. The standard InChI is InChI=1S/C11H16N2O2S/c1-7-10(16-6-13-7)11(15)12-5-8-3-2-4-9(8)14/h6,8-9,14H,2-5H2,1H3,(H,12,15). The minimum Gasteiger partial charge on any atom is -0.393 e. The summed E-state index contributed by atoms with van der Waals surface area (Å²) >= 11 is 1.36. The van der Waals surface area contributed by atoms with Crippen LogP contribution >= 0.6 is 11.3 Å². The van der Waals surface area contributed by atoms with Gasteiger partial charge in [-0.25, -0.2) is 4.98 Å². The SMILES string of the molecule is Cc1ncsc1C(=O)NCC1CCCC1O. The van der Waals surface area contributed by atoms with Crippen LogP contribution in [0.15, 0.2) is 5.51 Å². The van der Waals surface area contributed by atoms with Crippen molar-refractivity contribution in [3.05, 3.63) is 16.1 Å². The summed E-state index contributed by atoms with van der Waals surface area (Å²) in [7, 11) is 0. The average Bonchev–Trinajstić information content (AvgIpc) is 2.84. The molecule has 0 radical (unpaired) electrons. The first-order valence-electron chi connectivity index (χ1n) is 5.55. The molecule has 1 aromatic heterocycles. The molecule has 2 rings (SSSR count). The van der Waals surface area contributed by atoms with Crippen molar-refractivity contribution in [1.29, 1.82) is 0 Å². The molecule has 2 N–H and O–H groups in total. The second kappa shape index (κ2) is 4.93. The van der Waals surface area contributed by atoms with Gasteiger partial charge in [0, 0.05) is 12.5 Å². The third-order valence-electron chi connectivity index (χ3n) is 3.10. The van der Waals surface area contributed by atoms with Crippen molar-refractivity contribution >= 4 is 17.2 Å². The van der Waals surface area contributed by atoms with Crippen LogP contribution in [0.2, 0.25) is 0 Å². The van der Waals surface area contributed by atoms with E-state index in [1.54, 1.807) is 5.51 Å². The van der Waals surface area contributed by atoms with Crippen molar-refractivity contribution in [2.75, 3.05) is 6.54 Å². The van der Waals surface area contributed by atoms with E-state index in [-0.39, 0.29) is 17.9 Å². The summed E-state index contributed by atoms with van der Waals surface area (Å²) < 4.78 is 0. The summed E-state index contributed by atoms with van der Waals surface area (Å²) in [5.41, 5.74) is 2.45. The first-order chi connectivity index (χ1) is 7.68. The molecule has 16 heavy (non-hydrogen) atoms. The number of aromatic nitrogens is 1. The van der Waals surface area contributed by atoms with Gasteiger partial charge >= 0.3 is 0 Å². The third-order valence-corrected chi connectivity index (χ3v) is 4.02. The molecule has 5 heteroatoms. The number of aryl methyl sites for hydroxylation is 1. The Bertz CT molecular complexity index is 378.